The molecule has 6 heteroatoms. The quantitative estimate of drug-likeness (QED) is 0.486. The number of benzene rings is 1. The Morgan fingerprint density at radius 3 is 2.09 bits per heavy atom. The number of methoxy groups -OCH3 is 2. The second-order valence-electron chi connectivity index (χ2n) is 5.77. The third kappa shape index (κ3) is 4.24. The Labute approximate surface area is 151 Å². The highest BCUT2D eigenvalue weighted by Gasteiger charge is 2.56. The van der Waals surface area contributed by atoms with Gasteiger partial charge in [0.05, 0.1) is 19.3 Å². The van der Waals surface area contributed by atoms with Gasteiger partial charge in [0.25, 0.3) is 0 Å². The average Bonchev–Trinajstić information content (AvgIpc) is 2.58. The molecule has 2 rings (SSSR count). The van der Waals surface area contributed by atoms with Crippen molar-refractivity contribution in [2.45, 2.75) is 44.2 Å². The second kappa shape index (κ2) is 8.22. The van der Waals surface area contributed by atoms with E-state index in [-0.39, 0.29) is 12.2 Å². The summed E-state index contributed by atoms with van der Waals surface area (Å²) in [4.78, 5) is 0. The van der Waals surface area contributed by atoms with E-state index in [0.29, 0.717) is 13.2 Å². The Balaban J connectivity index is 2.00. The molecule has 0 aliphatic carbocycles. The number of hydrogen-bond donors (Lipinski definition) is 0. The number of alkyl halides is 1. The van der Waals surface area contributed by atoms with E-state index in [1.54, 1.807) is 14.2 Å². The summed E-state index contributed by atoms with van der Waals surface area (Å²) in [6.07, 6.45) is -0.344. The Kier molecular flexibility index (Phi) is 6.82. The molecule has 0 saturated carbocycles. The number of rotatable bonds is 7. The van der Waals surface area contributed by atoms with Gasteiger partial charge in [-0.25, -0.2) is 0 Å². The molecule has 1 aliphatic rings. The smallest absolute Gasteiger partial charge is 0.220 e. The molecule has 23 heavy (non-hydrogen) atoms. The van der Waals surface area contributed by atoms with Gasteiger partial charge in [0.1, 0.15) is 6.10 Å². The first-order valence-corrected chi connectivity index (χ1v) is 9.14. The van der Waals surface area contributed by atoms with E-state index < -0.39 is 11.6 Å². The first-order valence-electron chi connectivity index (χ1n) is 7.61. The van der Waals surface area contributed by atoms with Gasteiger partial charge in [0.15, 0.2) is 0 Å². The monoisotopic (exact) mass is 436 g/mol. The minimum absolute atomic E-state index is 0.125. The van der Waals surface area contributed by atoms with Crippen LogP contribution in [0, 0.1) is 0 Å². The standard InChI is InChI=1S/C17H25IO5/c1-16(19-3)17(2,20-4)23-15(14(10-18)22-16)12-21-11-13-8-6-5-7-9-13/h5-9,14-15H,10-12H2,1-4H3/t14-,15-,16+,17+/m0/s1. The highest BCUT2D eigenvalue weighted by Crippen LogP contribution is 2.39. The first-order chi connectivity index (χ1) is 11.0. The molecule has 1 aromatic carbocycles. The van der Waals surface area contributed by atoms with E-state index in [2.05, 4.69) is 22.6 Å². The van der Waals surface area contributed by atoms with Crippen molar-refractivity contribution in [1.29, 1.82) is 0 Å². The van der Waals surface area contributed by atoms with Crippen molar-refractivity contribution < 1.29 is 23.7 Å². The summed E-state index contributed by atoms with van der Waals surface area (Å²) in [5.74, 6) is -1.96. The molecule has 0 aromatic heterocycles. The van der Waals surface area contributed by atoms with Crippen LogP contribution in [0.2, 0.25) is 0 Å². The van der Waals surface area contributed by atoms with Gasteiger partial charge >= 0.3 is 0 Å². The van der Waals surface area contributed by atoms with Gasteiger partial charge in [-0.05, 0) is 19.4 Å². The second-order valence-corrected chi connectivity index (χ2v) is 6.65. The molecular weight excluding hydrogens is 411 g/mol. The van der Waals surface area contributed by atoms with Crippen LogP contribution in [0.15, 0.2) is 30.3 Å². The van der Waals surface area contributed by atoms with Crippen molar-refractivity contribution in [3.05, 3.63) is 35.9 Å². The summed E-state index contributed by atoms with van der Waals surface area (Å²) in [6, 6.07) is 10.1. The average molecular weight is 436 g/mol. The van der Waals surface area contributed by atoms with Crippen molar-refractivity contribution in [3.63, 3.8) is 0 Å². The van der Waals surface area contributed by atoms with E-state index in [0.717, 1.165) is 9.99 Å². The van der Waals surface area contributed by atoms with E-state index in [1.165, 1.54) is 0 Å². The highest BCUT2D eigenvalue weighted by molar-refractivity contribution is 14.1. The molecule has 1 heterocycles. The molecule has 0 radical (unpaired) electrons. The molecule has 1 aromatic rings. The normalized spacial score (nSPS) is 34.5. The Morgan fingerprint density at radius 1 is 1.00 bits per heavy atom. The SMILES string of the molecule is CO[C@]1(C)O[C@@H](CI)[C@H](COCc2ccccc2)O[C@@]1(C)OC. The van der Waals surface area contributed by atoms with E-state index in [9.17, 15) is 0 Å². The third-order valence-corrected chi connectivity index (χ3v) is 5.19. The number of ether oxygens (including phenoxy) is 5. The molecule has 130 valence electrons. The van der Waals surface area contributed by atoms with Crippen molar-refractivity contribution in [2.75, 3.05) is 25.3 Å². The fraction of sp³-hybridized carbons (Fsp3) is 0.647. The van der Waals surface area contributed by atoms with Crippen LogP contribution in [-0.2, 0) is 30.3 Å². The van der Waals surface area contributed by atoms with E-state index >= 15 is 0 Å². The van der Waals surface area contributed by atoms with Crippen LogP contribution in [0.5, 0.6) is 0 Å². The van der Waals surface area contributed by atoms with Crippen molar-refractivity contribution in [2.24, 2.45) is 0 Å². The van der Waals surface area contributed by atoms with Crippen LogP contribution in [-0.4, -0.2) is 49.0 Å². The van der Waals surface area contributed by atoms with Crippen LogP contribution in [0.3, 0.4) is 0 Å². The maximum absolute atomic E-state index is 6.17. The summed E-state index contributed by atoms with van der Waals surface area (Å²) in [5.41, 5.74) is 1.13. The van der Waals surface area contributed by atoms with Crippen LogP contribution in [0.1, 0.15) is 19.4 Å². The Morgan fingerprint density at radius 2 is 1.57 bits per heavy atom. The van der Waals surface area contributed by atoms with Gasteiger partial charge in [-0.3, -0.25) is 0 Å². The van der Waals surface area contributed by atoms with E-state index in [4.69, 9.17) is 23.7 Å². The minimum Gasteiger partial charge on any atom is -0.374 e. The lowest BCUT2D eigenvalue weighted by Crippen LogP contribution is -2.66. The molecule has 0 bridgehead atoms. The summed E-state index contributed by atoms with van der Waals surface area (Å²) in [5, 5.41) is 0. The van der Waals surface area contributed by atoms with Gasteiger partial charge in [0.2, 0.25) is 11.6 Å². The zero-order valence-electron chi connectivity index (χ0n) is 14.1. The molecule has 4 atom stereocenters. The first kappa shape index (κ1) is 19.1. The van der Waals surface area contributed by atoms with Crippen LogP contribution < -0.4 is 0 Å². The van der Waals surface area contributed by atoms with Crippen molar-refractivity contribution in [1.82, 2.24) is 0 Å². The molecule has 1 saturated heterocycles. The number of halogens is 1. The Bertz CT molecular complexity index is 485. The van der Waals surface area contributed by atoms with Gasteiger partial charge in [-0.15, -0.1) is 0 Å². The van der Waals surface area contributed by atoms with E-state index in [1.807, 2.05) is 44.2 Å². The largest absolute Gasteiger partial charge is 0.374 e. The maximum atomic E-state index is 6.17. The molecule has 0 unspecified atom stereocenters. The molecule has 1 fully saturated rings. The third-order valence-electron chi connectivity index (χ3n) is 4.32. The fourth-order valence-corrected chi connectivity index (χ4v) is 3.30. The highest BCUT2D eigenvalue weighted by atomic mass is 127. The molecule has 0 spiro atoms. The molecular formula is C17H25IO5. The number of hydrogen-bond acceptors (Lipinski definition) is 5. The lowest BCUT2D eigenvalue weighted by molar-refractivity contribution is -0.447. The van der Waals surface area contributed by atoms with Crippen molar-refractivity contribution in [3.8, 4) is 0 Å². The lowest BCUT2D eigenvalue weighted by Gasteiger charge is -2.51. The summed E-state index contributed by atoms with van der Waals surface area (Å²) in [6.45, 7) is 4.63. The summed E-state index contributed by atoms with van der Waals surface area (Å²) in [7, 11) is 3.18. The van der Waals surface area contributed by atoms with Crippen molar-refractivity contribution >= 4 is 22.6 Å². The van der Waals surface area contributed by atoms with Crippen LogP contribution in [0.4, 0.5) is 0 Å². The predicted octanol–water partition coefficient (Wildman–Crippen LogP) is 3.15. The molecule has 5 nitrogen and oxygen atoms in total. The van der Waals surface area contributed by atoms with Crippen LogP contribution in [0.25, 0.3) is 0 Å². The van der Waals surface area contributed by atoms with Gasteiger partial charge in [-0.1, -0.05) is 52.9 Å². The zero-order valence-corrected chi connectivity index (χ0v) is 16.2. The topological polar surface area (TPSA) is 46.2 Å². The van der Waals surface area contributed by atoms with Crippen LogP contribution >= 0.6 is 22.6 Å². The summed E-state index contributed by atoms with van der Waals surface area (Å²) < 4.78 is 30.0. The summed E-state index contributed by atoms with van der Waals surface area (Å²) >= 11 is 2.29. The lowest BCUT2D eigenvalue weighted by atomic mass is 10.0. The van der Waals surface area contributed by atoms with Gasteiger partial charge in [-0.2, -0.15) is 0 Å². The van der Waals surface area contributed by atoms with Gasteiger partial charge in [0, 0.05) is 18.6 Å². The fourth-order valence-electron chi connectivity index (χ4n) is 2.55. The minimum atomic E-state index is -0.995. The maximum Gasteiger partial charge on any atom is 0.220 e. The zero-order chi connectivity index (χ0) is 16.9. The van der Waals surface area contributed by atoms with Gasteiger partial charge < -0.3 is 23.7 Å². The molecule has 1 aliphatic heterocycles. The predicted molar refractivity (Wildman–Crippen MR) is 95.6 cm³/mol. The Hall–Kier alpha value is -0.250. The molecule has 0 amide bonds. The molecule has 0 N–H and O–H groups in total.